The monoisotopic (exact) mass is 196 g/mol. The predicted octanol–water partition coefficient (Wildman–Crippen LogP) is 2.72. The summed E-state index contributed by atoms with van der Waals surface area (Å²) in [6, 6.07) is 0. The molecule has 0 saturated carbocycles. The Morgan fingerprint density at radius 3 is 2.29 bits per heavy atom. The smallest absolute Gasteiger partial charge is 0.223 e. The fourth-order valence-electron chi connectivity index (χ4n) is 1.33. The molecule has 1 fully saturated rings. The summed E-state index contributed by atoms with van der Waals surface area (Å²) in [5, 5.41) is 0. The molecule has 0 bridgehead atoms. The Labute approximate surface area is 87.0 Å². The average molecular weight is 196 g/mol. The van der Waals surface area contributed by atoms with Crippen molar-refractivity contribution in [3.63, 3.8) is 0 Å². The summed E-state index contributed by atoms with van der Waals surface area (Å²) in [4.78, 5) is 0. The molecular formula is C12H20O2. The van der Waals surface area contributed by atoms with Gasteiger partial charge >= 0.3 is 0 Å². The number of hydrogen-bond donors (Lipinski definition) is 0. The summed E-state index contributed by atoms with van der Waals surface area (Å²) in [6.07, 6.45) is 4.69. The van der Waals surface area contributed by atoms with Crippen LogP contribution >= 0.6 is 0 Å². The van der Waals surface area contributed by atoms with Crippen LogP contribution in [0.15, 0.2) is 0 Å². The summed E-state index contributed by atoms with van der Waals surface area (Å²) in [6.45, 7) is 6.23. The molecule has 1 aliphatic rings. The van der Waals surface area contributed by atoms with Crippen LogP contribution in [-0.2, 0) is 9.47 Å². The zero-order valence-electron chi connectivity index (χ0n) is 9.38. The third-order valence-corrected chi connectivity index (χ3v) is 2.46. The molecule has 1 aliphatic heterocycles. The van der Waals surface area contributed by atoms with Crippen molar-refractivity contribution in [3.05, 3.63) is 0 Å². The van der Waals surface area contributed by atoms with Crippen molar-refractivity contribution >= 4 is 0 Å². The Kier molecular flexibility index (Phi) is 5.00. The molecule has 1 saturated heterocycles. The van der Waals surface area contributed by atoms with Crippen molar-refractivity contribution in [1.29, 1.82) is 0 Å². The zero-order valence-corrected chi connectivity index (χ0v) is 9.38. The second-order valence-electron chi connectivity index (χ2n) is 3.79. The van der Waals surface area contributed by atoms with E-state index in [2.05, 4.69) is 18.8 Å². The number of ether oxygens (including phenoxy) is 2. The second-order valence-corrected chi connectivity index (χ2v) is 3.79. The van der Waals surface area contributed by atoms with E-state index in [1.807, 2.05) is 13.8 Å². The van der Waals surface area contributed by atoms with Crippen LogP contribution in [0.2, 0.25) is 0 Å². The lowest BCUT2D eigenvalue weighted by atomic mass is 10.2. The normalized spacial score (nSPS) is 31.2. The summed E-state index contributed by atoms with van der Waals surface area (Å²) in [7, 11) is 0. The lowest BCUT2D eigenvalue weighted by Crippen LogP contribution is -2.13. The van der Waals surface area contributed by atoms with E-state index in [1.54, 1.807) is 0 Å². The molecular weight excluding hydrogens is 176 g/mol. The minimum absolute atomic E-state index is 0.171. The fourth-order valence-corrected chi connectivity index (χ4v) is 1.33. The van der Waals surface area contributed by atoms with E-state index in [-0.39, 0.29) is 18.5 Å². The van der Waals surface area contributed by atoms with Gasteiger partial charge in [0.15, 0.2) is 0 Å². The molecule has 0 aromatic rings. The molecule has 0 radical (unpaired) electrons. The maximum Gasteiger partial charge on any atom is 0.223 e. The van der Waals surface area contributed by atoms with Crippen molar-refractivity contribution < 1.29 is 9.47 Å². The maximum absolute atomic E-state index is 5.48. The molecule has 80 valence electrons. The van der Waals surface area contributed by atoms with E-state index in [4.69, 9.17) is 9.47 Å². The molecule has 3 atom stereocenters. The topological polar surface area (TPSA) is 18.5 Å². The van der Waals surface area contributed by atoms with Crippen LogP contribution in [0.1, 0.15) is 46.5 Å². The van der Waals surface area contributed by atoms with Gasteiger partial charge in [0.05, 0.1) is 12.2 Å². The molecule has 1 unspecified atom stereocenters. The average Bonchev–Trinajstić information content (AvgIpc) is 2.46. The largest absolute Gasteiger partial charge is 0.336 e. The third-order valence-electron chi connectivity index (χ3n) is 2.46. The van der Waals surface area contributed by atoms with Crippen LogP contribution in [0.25, 0.3) is 0 Å². The zero-order chi connectivity index (χ0) is 10.4. The van der Waals surface area contributed by atoms with E-state index >= 15 is 0 Å². The second kappa shape index (κ2) is 6.06. The lowest BCUT2D eigenvalue weighted by molar-refractivity contribution is -0.0168. The first kappa shape index (κ1) is 11.6. The van der Waals surface area contributed by atoms with Gasteiger partial charge in [0.1, 0.15) is 0 Å². The fraction of sp³-hybridized carbons (Fsp3) is 0.833. The molecule has 1 rings (SSSR count). The Balaban J connectivity index is 2.17. The van der Waals surface area contributed by atoms with Gasteiger partial charge in [0.2, 0.25) is 6.29 Å². The molecule has 1 heterocycles. The van der Waals surface area contributed by atoms with Gasteiger partial charge in [-0.2, -0.15) is 0 Å². The molecule has 0 N–H and O–H groups in total. The maximum atomic E-state index is 5.48. The summed E-state index contributed by atoms with van der Waals surface area (Å²) in [5.41, 5.74) is 0. The lowest BCUT2D eigenvalue weighted by Gasteiger charge is -2.01. The van der Waals surface area contributed by atoms with Crippen LogP contribution in [0, 0.1) is 11.8 Å². The Bertz CT molecular complexity index is 204. The first-order valence-electron chi connectivity index (χ1n) is 5.53. The molecule has 0 aliphatic carbocycles. The molecule has 0 amide bonds. The summed E-state index contributed by atoms with van der Waals surface area (Å²) >= 11 is 0. The Hall–Kier alpha value is -0.520. The van der Waals surface area contributed by atoms with Crippen LogP contribution in [0.4, 0.5) is 0 Å². The van der Waals surface area contributed by atoms with E-state index in [0.717, 1.165) is 6.42 Å². The van der Waals surface area contributed by atoms with Gasteiger partial charge in [-0.3, -0.25) is 0 Å². The van der Waals surface area contributed by atoms with Crippen molar-refractivity contribution in [2.45, 2.75) is 65.0 Å². The van der Waals surface area contributed by atoms with Crippen molar-refractivity contribution in [2.24, 2.45) is 0 Å². The van der Waals surface area contributed by atoms with Gasteiger partial charge < -0.3 is 9.47 Å². The summed E-state index contributed by atoms with van der Waals surface area (Å²) < 4.78 is 11.0. The highest BCUT2D eigenvalue weighted by molar-refractivity contribution is 5.03. The molecule has 0 aromatic heterocycles. The minimum Gasteiger partial charge on any atom is -0.336 e. The first-order valence-corrected chi connectivity index (χ1v) is 5.53. The highest BCUT2D eigenvalue weighted by Crippen LogP contribution is 2.17. The molecule has 0 aromatic carbocycles. The SMILES string of the molecule is CCCCCC#CC1O[C@@H](C)[C@@H](C)O1. The highest BCUT2D eigenvalue weighted by atomic mass is 16.7. The van der Waals surface area contributed by atoms with Gasteiger partial charge in [-0.1, -0.05) is 25.7 Å². The summed E-state index contributed by atoms with van der Waals surface area (Å²) in [5.74, 6) is 6.11. The standard InChI is InChI=1S/C12H20O2/c1-4-5-6-7-8-9-12-13-10(2)11(3)14-12/h10-12H,4-7H2,1-3H3/t10-,11+,12?. The highest BCUT2D eigenvalue weighted by Gasteiger charge is 2.27. The Morgan fingerprint density at radius 2 is 1.71 bits per heavy atom. The number of hydrogen-bond acceptors (Lipinski definition) is 2. The van der Waals surface area contributed by atoms with E-state index < -0.39 is 0 Å². The quantitative estimate of drug-likeness (QED) is 0.510. The van der Waals surface area contributed by atoms with Gasteiger partial charge in [-0.05, 0) is 26.2 Å². The van der Waals surface area contributed by atoms with E-state index in [9.17, 15) is 0 Å². The van der Waals surface area contributed by atoms with Crippen LogP contribution < -0.4 is 0 Å². The van der Waals surface area contributed by atoms with Crippen molar-refractivity contribution in [2.75, 3.05) is 0 Å². The molecule has 2 heteroatoms. The van der Waals surface area contributed by atoms with Gasteiger partial charge in [-0.15, -0.1) is 0 Å². The minimum atomic E-state index is -0.290. The van der Waals surface area contributed by atoms with E-state index in [0.29, 0.717) is 0 Å². The number of rotatable bonds is 3. The van der Waals surface area contributed by atoms with E-state index in [1.165, 1.54) is 19.3 Å². The molecule has 14 heavy (non-hydrogen) atoms. The van der Waals surface area contributed by atoms with Crippen LogP contribution in [0.3, 0.4) is 0 Å². The van der Waals surface area contributed by atoms with Crippen LogP contribution in [0.5, 0.6) is 0 Å². The predicted molar refractivity (Wildman–Crippen MR) is 56.8 cm³/mol. The van der Waals surface area contributed by atoms with Crippen molar-refractivity contribution in [3.8, 4) is 11.8 Å². The van der Waals surface area contributed by atoms with Gasteiger partial charge in [0, 0.05) is 6.42 Å². The molecule has 0 spiro atoms. The third kappa shape index (κ3) is 3.69. The molecule has 2 nitrogen and oxygen atoms in total. The van der Waals surface area contributed by atoms with Gasteiger partial charge in [-0.25, -0.2) is 0 Å². The van der Waals surface area contributed by atoms with Crippen LogP contribution in [-0.4, -0.2) is 18.5 Å². The van der Waals surface area contributed by atoms with Gasteiger partial charge in [0.25, 0.3) is 0 Å². The Morgan fingerprint density at radius 1 is 1.07 bits per heavy atom. The first-order chi connectivity index (χ1) is 6.74. The van der Waals surface area contributed by atoms with Crippen molar-refractivity contribution in [1.82, 2.24) is 0 Å². The number of unbranched alkanes of at least 4 members (excludes halogenated alkanes) is 3.